The number of ether oxygens (including phenoxy) is 1. The van der Waals surface area contributed by atoms with E-state index in [1.165, 1.54) is 12.1 Å². The first-order valence-corrected chi connectivity index (χ1v) is 14.0. The Morgan fingerprint density at radius 3 is 2.54 bits per heavy atom. The van der Waals surface area contributed by atoms with Crippen LogP contribution in [0.3, 0.4) is 0 Å². The highest BCUT2D eigenvalue weighted by atomic mass is 19.1. The Morgan fingerprint density at radius 1 is 1.15 bits per heavy atom. The molecule has 1 aromatic heterocycles. The predicted octanol–water partition coefficient (Wildman–Crippen LogP) is 5.77. The minimum absolute atomic E-state index is 0.0606. The second-order valence-electron chi connectivity index (χ2n) is 10.9. The summed E-state index contributed by atoms with van der Waals surface area (Å²) in [4.78, 5) is 15.4. The maximum Gasteiger partial charge on any atom is 0.274 e. The number of aromatic nitrogens is 1. The van der Waals surface area contributed by atoms with Crippen molar-refractivity contribution >= 4 is 11.5 Å². The van der Waals surface area contributed by atoms with E-state index >= 15 is 4.39 Å². The minimum atomic E-state index is -1.23. The van der Waals surface area contributed by atoms with Crippen LogP contribution in [0.1, 0.15) is 54.6 Å². The standard InChI is InChI=1S/C32H36FN3O5/c1-4-34-31(39)29-28(23-11-10-21(16-25(23)33)19-36-12-14-40-15-13-36)30(41-35-29)32(20(2)3)18-24(26(37)17-27(32)38)22-8-6-5-7-9-22/h5-11,16-17,20,37-38H,4,12-15,18-19H2,1-3H3,(H,34,39). The monoisotopic (exact) mass is 561 g/mol. The molecule has 2 aliphatic rings. The van der Waals surface area contributed by atoms with Crippen LogP contribution in [0.15, 0.2) is 70.6 Å². The molecule has 0 spiro atoms. The first-order valence-electron chi connectivity index (χ1n) is 14.0. The van der Waals surface area contributed by atoms with Gasteiger partial charge in [-0.15, -0.1) is 0 Å². The van der Waals surface area contributed by atoms with E-state index in [2.05, 4.69) is 15.4 Å². The molecule has 0 saturated carbocycles. The molecule has 1 saturated heterocycles. The Bertz CT molecular complexity index is 1470. The van der Waals surface area contributed by atoms with Crippen LogP contribution in [0.2, 0.25) is 0 Å². The van der Waals surface area contributed by atoms with Crippen LogP contribution in [-0.2, 0) is 16.7 Å². The molecular weight excluding hydrogens is 525 g/mol. The van der Waals surface area contributed by atoms with Crippen LogP contribution in [-0.4, -0.2) is 59.0 Å². The molecule has 3 aromatic rings. The third kappa shape index (κ3) is 5.39. The number of amides is 1. The third-order valence-electron chi connectivity index (χ3n) is 8.07. The first kappa shape index (κ1) is 28.6. The van der Waals surface area contributed by atoms with Crippen molar-refractivity contribution < 1.29 is 28.7 Å². The molecule has 1 aliphatic carbocycles. The van der Waals surface area contributed by atoms with Gasteiger partial charge in [-0.3, -0.25) is 9.69 Å². The van der Waals surface area contributed by atoms with Gasteiger partial charge in [0.1, 0.15) is 17.3 Å². The minimum Gasteiger partial charge on any atom is -0.511 e. The predicted molar refractivity (Wildman–Crippen MR) is 154 cm³/mol. The molecular formula is C32H36FN3O5. The number of nitrogens with zero attached hydrogens (tertiary/aromatic N) is 2. The van der Waals surface area contributed by atoms with Crippen molar-refractivity contribution in [2.24, 2.45) is 5.92 Å². The summed E-state index contributed by atoms with van der Waals surface area (Å²) in [6, 6.07) is 14.3. The lowest BCUT2D eigenvalue weighted by Crippen LogP contribution is -2.37. The number of aliphatic hydroxyl groups excluding tert-OH is 2. The highest BCUT2D eigenvalue weighted by Crippen LogP contribution is 2.52. The van der Waals surface area contributed by atoms with Crippen LogP contribution in [0.5, 0.6) is 0 Å². The van der Waals surface area contributed by atoms with Crippen LogP contribution >= 0.6 is 0 Å². The molecule has 2 heterocycles. The molecule has 0 bridgehead atoms. The topological polar surface area (TPSA) is 108 Å². The number of morpholine rings is 1. The number of hydrogen-bond donors (Lipinski definition) is 3. The first-order chi connectivity index (χ1) is 19.8. The molecule has 41 heavy (non-hydrogen) atoms. The van der Waals surface area contributed by atoms with Crippen LogP contribution in [0.4, 0.5) is 4.39 Å². The Hall–Kier alpha value is -3.95. The van der Waals surface area contributed by atoms with Gasteiger partial charge in [0.2, 0.25) is 0 Å². The number of nitrogens with one attached hydrogen (secondary N) is 1. The smallest absolute Gasteiger partial charge is 0.274 e. The zero-order chi connectivity index (χ0) is 29.1. The summed E-state index contributed by atoms with van der Waals surface area (Å²) in [5.74, 6) is -1.35. The van der Waals surface area contributed by atoms with E-state index < -0.39 is 17.1 Å². The van der Waals surface area contributed by atoms with E-state index in [1.807, 2.05) is 50.2 Å². The highest BCUT2D eigenvalue weighted by molar-refractivity contribution is 6.00. The van der Waals surface area contributed by atoms with Crippen molar-refractivity contribution in [3.8, 4) is 11.1 Å². The van der Waals surface area contributed by atoms with Gasteiger partial charge in [-0.2, -0.15) is 0 Å². The zero-order valence-corrected chi connectivity index (χ0v) is 23.6. The van der Waals surface area contributed by atoms with Crippen molar-refractivity contribution in [2.75, 3.05) is 32.8 Å². The number of allylic oxidation sites excluding steroid dienone is 3. The summed E-state index contributed by atoms with van der Waals surface area (Å²) in [6.07, 6.45) is 1.46. The Morgan fingerprint density at radius 2 is 1.88 bits per heavy atom. The second-order valence-corrected chi connectivity index (χ2v) is 10.9. The summed E-state index contributed by atoms with van der Waals surface area (Å²) >= 11 is 0. The number of benzene rings is 2. The summed E-state index contributed by atoms with van der Waals surface area (Å²) in [7, 11) is 0. The summed E-state index contributed by atoms with van der Waals surface area (Å²) < 4.78 is 27.3. The van der Waals surface area contributed by atoms with Crippen molar-refractivity contribution in [2.45, 2.75) is 39.2 Å². The van der Waals surface area contributed by atoms with E-state index in [9.17, 15) is 15.0 Å². The molecule has 0 radical (unpaired) electrons. The molecule has 1 atom stereocenters. The molecule has 5 rings (SSSR count). The number of carbonyl (C=O) groups excluding carboxylic acids is 1. The Labute approximate surface area is 239 Å². The van der Waals surface area contributed by atoms with Gasteiger partial charge in [-0.1, -0.05) is 61.5 Å². The van der Waals surface area contributed by atoms with Gasteiger partial charge < -0.3 is 24.8 Å². The normalized spacial score (nSPS) is 19.9. The molecule has 3 N–H and O–H groups in total. The molecule has 1 fully saturated rings. The molecule has 8 nitrogen and oxygen atoms in total. The van der Waals surface area contributed by atoms with Gasteiger partial charge >= 0.3 is 0 Å². The second kappa shape index (κ2) is 11.9. The fourth-order valence-corrected chi connectivity index (χ4v) is 5.77. The fraction of sp³-hybridized carbons (Fsp3) is 0.375. The highest BCUT2D eigenvalue weighted by Gasteiger charge is 2.50. The van der Waals surface area contributed by atoms with Gasteiger partial charge in [-0.25, -0.2) is 4.39 Å². The maximum absolute atomic E-state index is 16.0. The molecule has 1 amide bonds. The summed E-state index contributed by atoms with van der Waals surface area (Å²) in [6.45, 7) is 9.35. The lowest BCUT2D eigenvalue weighted by atomic mass is 9.64. The van der Waals surface area contributed by atoms with Crippen molar-refractivity contribution in [1.82, 2.24) is 15.4 Å². The Balaban J connectivity index is 1.64. The third-order valence-corrected chi connectivity index (χ3v) is 8.07. The number of carbonyl (C=O) groups is 1. The summed E-state index contributed by atoms with van der Waals surface area (Å²) in [5, 5.41) is 29.2. The maximum atomic E-state index is 16.0. The number of hydrogen-bond acceptors (Lipinski definition) is 7. The number of aliphatic hydroxyl groups is 2. The molecule has 216 valence electrons. The average molecular weight is 562 g/mol. The quantitative estimate of drug-likeness (QED) is 0.320. The molecule has 1 unspecified atom stereocenters. The molecule has 9 heteroatoms. The van der Waals surface area contributed by atoms with Gasteiger partial charge in [0, 0.05) is 43.4 Å². The van der Waals surface area contributed by atoms with Gasteiger partial charge in [0.25, 0.3) is 5.91 Å². The number of rotatable bonds is 8. The molecule has 2 aromatic carbocycles. The molecule has 1 aliphatic heterocycles. The van der Waals surface area contributed by atoms with Crippen molar-refractivity contribution in [1.29, 1.82) is 0 Å². The van der Waals surface area contributed by atoms with Crippen molar-refractivity contribution in [3.63, 3.8) is 0 Å². The van der Waals surface area contributed by atoms with E-state index in [0.717, 1.165) is 24.2 Å². The van der Waals surface area contributed by atoms with Gasteiger partial charge in [0.05, 0.1) is 24.2 Å². The van der Waals surface area contributed by atoms with Crippen LogP contribution < -0.4 is 5.32 Å². The van der Waals surface area contributed by atoms with Crippen LogP contribution in [0, 0.1) is 11.7 Å². The zero-order valence-electron chi connectivity index (χ0n) is 23.6. The van der Waals surface area contributed by atoms with E-state index in [0.29, 0.717) is 31.9 Å². The van der Waals surface area contributed by atoms with Crippen molar-refractivity contribution in [3.05, 3.63) is 94.5 Å². The largest absolute Gasteiger partial charge is 0.511 e. The number of halogens is 1. The lowest BCUT2D eigenvalue weighted by Gasteiger charge is -2.38. The van der Waals surface area contributed by atoms with E-state index in [1.54, 1.807) is 13.0 Å². The Kier molecular flexibility index (Phi) is 8.28. The fourth-order valence-electron chi connectivity index (χ4n) is 5.77. The van der Waals surface area contributed by atoms with Gasteiger partial charge in [0.15, 0.2) is 11.5 Å². The van der Waals surface area contributed by atoms with E-state index in [-0.39, 0.29) is 46.4 Å². The van der Waals surface area contributed by atoms with Crippen LogP contribution in [0.25, 0.3) is 16.7 Å². The average Bonchev–Trinajstić information content (AvgIpc) is 3.40. The van der Waals surface area contributed by atoms with E-state index in [4.69, 9.17) is 9.26 Å². The summed E-state index contributed by atoms with van der Waals surface area (Å²) in [5.41, 5.74) is 1.22. The van der Waals surface area contributed by atoms with Gasteiger partial charge in [-0.05, 0) is 36.5 Å². The SMILES string of the molecule is CCNC(=O)c1noc(C2(C(C)C)CC(c3ccccc3)=C(O)C=C2O)c1-c1ccc(CN2CCOCC2)cc1F. The lowest BCUT2D eigenvalue weighted by molar-refractivity contribution is 0.0341.